The summed E-state index contributed by atoms with van der Waals surface area (Å²) in [5.74, 6) is -2.07. The van der Waals surface area contributed by atoms with E-state index >= 15 is 0 Å². The first kappa shape index (κ1) is 33.5. The minimum absolute atomic E-state index is 0.0689. The van der Waals surface area contributed by atoms with E-state index in [1.807, 2.05) is 34.0 Å². The van der Waals surface area contributed by atoms with E-state index in [1.54, 1.807) is 0 Å². The highest BCUT2D eigenvalue weighted by molar-refractivity contribution is 7.98. The second-order valence-electron chi connectivity index (χ2n) is 9.62. The van der Waals surface area contributed by atoms with Gasteiger partial charge in [-0.2, -0.15) is 11.8 Å². The number of hydrogen-bond acceptors (Lipinski definition) is 7. The van der Waals surface area contributed by atoms with Crippen molar-refractivity contribution in [3.05, 3.63) is 0 Å². The van der Waals surface area contributed by atoms with Gasteiger partial charge in [-0.1, -0.05) is 27.7 Å². The van der Waals surface area contributed by atoms with Crippen molar-refractivity contribution in [3.63, 3.8) is 0 Å². The standard InChI is InChI=1S/C23H45N7O5S/c1-13(2)11-15(24)19(31)30-18(12-14(3)4)21(33)28-16(7-6-9-27-23(25)26)20(32)29-17(22(34)35)8-10-36-5/h13-18H,6-12,24H2,1-5H3,(H,28,33)(H,29,32)(H,30,31)(H,34,35)(H4,25,26,27). The lowest BCUT2D eigenvalue weighted by Gasteiger charge is -2.26. The van der Waals surface area contributed by atoms with Crippen molar-refractivity contribution in [2.45, 2.75) is 84.0 Å². The molecule has 10 N–H and O–H groups in total. The van der Waals surface area contributed by atoms with Crippen LogP contribution >= 0.6 is 11.8 Å². The number of nitrogens with zero attached hydrogens (tertiary/aromatic N) is 1. The van der Waals surface area contributed by atoms with Crippen LogP contribution in [0.1, 0.15) is 59.8 Å². The molecule has 3 amide bonds. The Morgan fingerprint density at radius 2 is 1.36 bits per heavy atom. The van der Waals surface area contributed by atoms with Crippen molar-refractivity contribution in [1.29, 1.82) is 0 Å². The molecule has 0 radical (unpaired) electrons. The van der Waals surface area contributed by atoms with Crippen molar-refractivity contribution in [3.8, 4) is 0 Å². The van der Waals surface area contributed by atoms with Crippen LogP contribution < -0.4 is 33.2 Å². The third-order valence-electron chi connectivity index (χ3n) is 5.21. The second kappa shape index (κ2) is 17.8. The van der Waals surface area contributed by atoms with Crippen LogP contribution in [0.4, 0.5) is 0 Å². The minimum atomic E-state index is -1.16. The number of thioether (sulfide) groups is 1. The Balaban J connectivity index is 5.60. The predicted molar refractivity (Wildman–Crippen MR) is 143 cm³/mol. The molecule has 0 saturated heterocycles. The van der Waals surface area contributed by atoms with Crippen molar-refractivity contribution in [2.24, 2.45) is 34.0 Å². The molecule has 208 valence electrons. The van der Waals surface area contributed by atoms with Crippen LogP contribution in [-0.4, -0.2) is 77.5 Å². The first-order chi connectivity index (χ1) is 16.8. The Morgan fingerprint density at radius 1 is 0.833 bits per heavy atom. The highest BCUT2D eigenvalue weighted by Gasteiger charge is 2.30. The van der Waals surface area contributed by atoms with Crippen LogP contribution in [0.25, 0.3) is 0 Å². The number of aliphatic carboxylic acids is 1. The molecule has 13 heteroatoms. The third-order valence-corrected chi connectivity index (χ3v) is 5.85. The second-order valence-corrected chi connectivity index (χ2v) is 10.6. The first-order valence-electron chi connectivity index (χ1n) is 12.2. The lowest BCUT2D eigenvalue weighted by atomic mass is 10.00. The number of amides is 3. The number of aliphatic imine (C=N–C) groups is 1. The minimum Gasteiger partial charge on any atom is -0.480 e. The maximum Gasteiger partial charge on any atom is 0.326 e. The Morgan fingerprint density at radius 3 is 1.86 bits per heavy atom. The number of carboxylic acid groups (broad SMARTS) is 1. The van der Waals surface area contributed by atoms with Crippen LogP contribution in [0.5, 0.6) is 0 Å². The van der Waals surface area contributed by atoms with Gasteiger partial charge in [-0.05, 0) is 55.9 Å². The maximum atomic E-state index is 13.2. The summed E-state index contributed by atoms with van der Waals surface area (Å²) in [6.45, 7) is 7.93. The van der Waals surface area contributed by atoms with Gasteiger partial charge in [0.05, 0.1) is 6.04 Å². The van der Waals surface area contributed by atoms with Crippen molar-refractivity contribution >= 4 is 41.4 Å². The Bertz CT molecular complexity index is 744. The summed E-state index contributed by atoms with van der Waals surface area (Å²) in [4.78, 5) is 54.2. The van der Waals surface area contributed by atoms with Crippen LogP contribution in [-0.2, 0) is 19.2 Å². The van der Waals surface area contributed by atoms with E-state index in [0.717, 1.165) is 0 Å². The Labute approximate surface area is 218 Å². The Kier molecular flexibility index (Phi) is 16.6. The van der Waals surface area contributed by atoms with Gasteiger partial charge >= 0.3 is 5.97 Å². The molecule has 0 aliphatic heterocycles. The number of rotatable bonds is 18. The average Bonchev–Trinajstić information content (AvgIpc) is 2.76. The summed E-state index contributed by atoms with van der Waals surface area (Å²) in [5, 5.41) is 17.4. The number of hydrogen-bond donors (Lipinski definition) is 7. The van der Waals surface area contributed by atoms with Gasteiger partial charge in [0.2, 0.25) is 17.7 Å². The third kappa shape index (κ3) is 14.8. The Hall–Kier alpha value is -2.54. The summed E-state index contributed by atoms with van der Waals surface area (Å²) in [7, 11) is 0. The van der Waals surface area contributed by atoms with Gasteiger partial charge in [0.1, 0.15) is 18.1 Å². The van der Waals surface area contributed by atoms with Crippen LogP contribution in [0.2, 0.25) is 0 Å². The zero-order valence-electron chi connectivity index (χ0n) is 22.1. The predicted octanol–water partition coefficient (Wildman–Crippen LogP) is -0.248. The fraction of sp³-hybridized carbons (Fsp3) is 0.783. The monoisotopic (exact) mass is 531 g/mol. The fourth-order valence-corrected chi connectivity index (χ4v) is 3.88. The molecule has 0 aromatic heterocycles. The van der Waals surface area contributed by atoms with Gasteiger partial charge in [0, 0.05) is 6.54 Å². The van der Waals surface area contributed by atoms with E-state index in [2.05, 4.69) is 20.9 Å². The van der Waals surface area contributed by atoms with Crippen LogP contribution in [0.3, 0.4) is 0 Å². The number of nitrogens with two attached hydrogens (primary N) is 3. The smallest absolute Gasteiger partial charge is 0.326 e. The van der Waals surface area contributed by atoms with E-state index in [0.29, 0.717) is 25.0 Å². The van der Waals surface area contributed by atoms with Crippen LogP contribution in [0.15, 0.2) is 4.99 Å². The molecule has 0 spiro atoms. The molecule has 0 aliphatic carbocycles. The van der Waals surface area contributed by atoms with Crippen molar-refractivity contribution < 1.29 is 24.3 Å². The highest BCUT2D eigenvalue weighted by Crippen LogP contribution is 2.10. The lowest BCUT2D eigenvalue weighted by molar-refractivity contribution is -0.142. The molecular formula is C23H45N7O5S. The zero-order chi connectivity index (χ0) is 27.8. The topological polar surface area (TPSA) is 215 Å². The van der Waals surface area contributed by atoms with E-state index in [1.165, 1.54) is 11.8 Å². The first-order valence-corrected chi connectivity index (χ1v) is 13.6. The SMILES string of the molecule is CSCCC(NC(=O)C(CCCN=C(N)N)NC(=O)C(CC(C)C)NC(=O)C(N)CC(C)C)C(=O)O. The molecule has 0 saturated carbocycles. The highest BCUT2D eigenvalue weighted by atomic mass is 32.2. The maximum absolute atomic E-state index is 13.2. The molecule has 0 aromatic carbocycles. The number of carbonyl (C=O) groups is 4. The number of carboxylic acids is 1. The van der Waals surface area contributed by atoms with Crippen LogP contribution in [0, 0.1) is 11.8 Å². The van der Waals surface area contributed by atoms with Gasteiger partial charge in [-0.25, -0.2) is 4.79 Å². The fourth-order valence-electron chi connectivity index (χ4n) is 3.41. The summed E-state index contributed by atoms with van der Waals surface area (Å²) < 4.78 is 0. The van der Waals surface area contributed by atoms with Gasteiger partial charge in [0.25, 0.3) is 0 Å². The molecular weight excluding hydrogens is 486 g/mol. The van der Waals surface area contributed by atoms with Crippen molar-refractivity contribution in [2.75, 3.05) is 18.6 Å². The molecule has 4 atom stereocenters. The van der Waals surface area contributed by atoms with Crippen molar-refractivity contribution in [1.82, 2.24) is 16.0 Å². The molecule has 0 heterocycles. The number of nitrogens with one attached hydrogen (secondary N) is 3. The van der Waals surface area contributed by atoms with Gasteiger partial charge < -0.3 is 38.3 Å². The lowest BCUT2D eigenvalue weighted by Crippen LogP contribution is -2.57. The molecule has 0 fully saturated rings. The van der Waals surface area contributed by atoms with E-state index in [9.17, 15) is 24.3 Å². The summed E-state index contributed by atoms with van der Waals surface area (Å²) in [6.07, 6.45) is 3.39. The summed E-state index contributed by atoms with van der Waals surface area (Å²) in [5.41, 5.74) is 16.7. The van der Waals surface area contributed by atoms with Gasteiger partial charge in [-0.15, -0.1) is 0 Å². The zero-order valence-corrected chi connectivity index (χ0v) is 22.9. The molecule has 0 bridgehead atoms. The normalized spacial score (nSPS) is 14.4. The molecule has 36 heavy (non-hydrogen) atoms. The summed E-state index contributed by atoms with van der Waals surface area (Å²) in [6, 6.07) is -3.81. The van der Waals surface area contributed by atoms with E-state index in [4.69, 9.17) is 17.2 Å². The number of carbonyl (C=O) groups excluding carboxylic acids is 3. The van der Waals surface area contributed by atoms with E-state index < -0.39 is 47.9 Å². The molecule has 0 rings (SSSR count). The molecule has 4 unspecified atom stereocenters. The number of guanidine groups is 1. The van der Waals surface area contributed by atoms with E-state index in [-0.39, 0.29) is 37.2 Å². The van der Waals surface area contributed by atoms with Gasteiger partial charge in [-0.3, -0.25) is 19.4 Å². The molecule has 0 aliphatic rings. The largest absolute Gasteiger partial charge is 0.480 e. The molecule has 0 aromatic rings. The summed E-state index contributed by atoms with van der Waals surface area (Å²) >= 11 is 1.46. The quantitative estimate of drug-likeness (QED) is 0.0704. The average molecular weight is 532 g/mol. The van der Waals surface area contributed by atoms with Gasteiger partial charge in [0.15, 0.2) is 5.96 Å². The molecule has 12 nitrogen and oxygen atoms in total.